The van der Waals surface area contributed by atoms with Gasteiger partial charge in [0.15, 0.2) is 0 Å². The molecule has 0 saturated carbocycles. The molecule has 0 spiro atoms. The topological polar surface area (TPSA) is 26.3 Å². The summed E-state index contributed by atoms with van der Waals surface area (Å²) < 4.78 is 4.86. The largest absolute Gasteiger partial charge is 0.465 e. The van der Waals surface area contributed by atoms with E-state index in [1.54, 1.807) is 0 Å². The molecule has 2 heteroatoms. The molecule has 1 aliphatic carbocycles. The molecule has 0 amide bonds. The monoisotopic (exact) mass is 388 g/mol. The van der Waals surface area contributed by atoms with Gasteiger partial charge in [0.05, 0.1) is 12.7 Å². The molecule has 0 heterocycles. The van der Waals surface area contributed by atoms with Crippen LogP contribution in [0.5, 0.6) is 0 Å². The van der Waals surface area contributed by atoms with Crippen LogP contribution in [0.2, 0.25) is 0 Å². The van der Waals surface area contributed by atoms with E-state index in [0.29, 0.717) is 5.56 Å². The molecule has 0 aliphatic heterocycles. The number of carbonyl (C=O) groups is 1. The highest BCUT2D eigenvalue weighted by Gasteiger charge is 2.26. The summed E-state index contributed by atoms with van der Waals surface area (Å²) in [7, 11) is 1.40. The van der Waals surface area contributed by atoms with Crippen molar-refractivity contribution in [3.05, 3.63) is 131 Å². The second-order valence-electron chi connectivity index (χ2n) is 7.28. The zero-order valence-corrected chi connectivity index (χ0v) is 16.6. The molecule has 4 aromatic rings. The zero-order chi connectivity index (χ0) is 20.5. The van der Waals surface area contributed by atoms with Gasteiger partial charge < -0.3 is 4.74 Å². The fourth-order valence-corrected chi connectivity index (χ4v) is 4.24. The number of rotatable bonds is 3. The van der Waals surface area contributed by atoms with Crippen LogP contribution in [0.15, 0.2) is 103 Å². The van der Waals surface area contributed by atoms with E-state index in [0.717, 1.165) is 16.7 Å². The van der Waals surface area contributed by atoms with Gasteiger partial charge in [0.1, 0.15) is 0 Å². The summed E-state index contributed by atoms with van der Waals surface area (Å²) in [6, 6.07) is 35.2. The van der Waals surface area contributed by atoms with Gasteiger partial charge in [-0.05, 0) is 56.7 Å². The van der Waals surface area contributed by atoms with Gasteiger partial charge in [0.25, 0.3) is 0 Å². The Kier molecular flexibility index (Phi) is 4.53. The molecule has 0 saturated heterocycles. The molecule has 0 unspecified atom stereocenters. The second-order valence-corrected chi connectivity index (χ2v) is 7.28. The third-order valence-corrected chi connectivity index (χ3v) is 5.59. The van der Waals surface area contributed by atoms with Crippen molar-refractivity contribution >= 4 is 17.1 Å². The van der Waals surface area contributed by atoms with E-state index < -0.39 is 0 Å². The number of fused-ring (bicyclic) bond motifs is 3. The van der Waals surface area contributed by atoms with Crippen LogP contribution < -0.4 is 0 Å². The summed E-state index contributed by atoms with van der Waals surface area (Å²) in [6.07, 6.45) is 0. The first kappa shape index (κ1) is 18.1. The van der Waals surface area contributed by atoms with E-state index in [9.17, 15) is 4.79 Å². The minimum Gasteiger partial charge on any atom is -0.465 e. The van der Waals surface area contributed by atoms with Gasteiger partial charge in [-0.15, -0.1) is 0 Å². The van der Waals surface area contributed by atoms with E-state index >= 15 is 0 Å². The standard InChI is InChI=1S/C28H20O2/c1-30-28(29)21-17-15-20(16-18-21)26(19-9-3-2-4-10-19)27-24-13-7-5-11-22(24)23-12-6-8-14-25(23)27/h2-18H,1H3. The van der Waals surface area contributed by atoms with Crippen molar-refractivity contribution in [2.75, 3.05) is 7.11 Å². The smallest absolute Gasteiger partial charge is 0.337 e. The van der Waals surface area contributed by atoms with Crippen molar-refractivity contribution < 1.29 is 9.53 Å². The molecule has 2 nitrogen and oxygen atoms in total. The third-order valence-electron chi connectivity index (χ3n) is 5.59. The third kappa shape index (κ3) is 2.94. The molecule has 0 atom stereocenters. The zero-order valence-electron chi connectivity index (χ0n) is 16.6. The van der Waals surface area contributed by atoms with E-state index in [2.05, 4.69) is 72.8 Å². The fraction of sp³-hybridized carbons (Fsp3) is 0.0357. The number of methoxy groups -OCH3 is 1. The SMILES string of the molecule is COC(=O)c1ccc(C(=C2c3ccccc3-c3ccccc32)c2ccccc2)cc1. The Morgan fingerprint density at radius 1 is 0.533 bits per heavy atom. The minimum atomic E-state index is -0.327. The highest BCUT2D eigenvalue weighted by atomic mass is 16.5. The Hall–Kier alpha value is -3.91. The van der Waals surface area contributed by atoms with Crippen molar-refractivity contribution in [1.29, 1.82) is 0 Å². The van der Waals surface area contributed by atoms with Crippen molar-refractivity contribution in [2.45, 2.75) is 0 Å². The van der Waals surface area contributed by atoms with E-state index in [4.69, 9.17) is 4.74 Å². The Bertz CT molecular complexity index is 1220. The average Bonchev–Trinajstić information content (AvgIpc) is 3.14. The van der Waals surface area contributed by atoms with E-state index in [-0.39, 0.29) is 5.97 Å². The normalized spacial score (nSPS) is 11.6. The Balaban J connectivity index is 1.82. The maximum absolute atomic E-state index is 11.9. The molecular formula is C28H20O2. The number of esters is 1. The quantitative estimate of drug-likeness (QED) is 0.332. The molecule has 144 valence electrons. The summed E-state index contributed by atoms with van der Waals surface area (Å²) >= 11 is 0. The predicted octanol–water partition coefficient (Wildman–Crippen LogP) is 6.46. The van der Waals surface area contributed by atoms with Crippen molar-refractivity contribution in [3.8, 4) is 11.1 Å². The Labute approximate surface area is 176 Å². The van der Waals surface area contributed by atoms with Gasteiger partial charge in [-0.25, -0.2) is 4.79 Å². The van der Waals surface area contributed by atoms with Crippen LogP contribution in [-0.4, -0.2) is 13.1 Å². The van der Waals surface area contributed by atoms with Crippen LogP contribution in [0.4, 0.5) is 0 Å². The molecule has 0 fully saturated rings. The fourth-order valence-electron chi connectivity index (χ4n) is 4.24. The molecule has 0 bridgehead atoms. The van der Waals surface area contributed by atoms with Crippen molar-refractivity contribution in [3.63, 3.8) is 0 Å². The number of benzene rings is 4. The number of hydrogen-bond acceptors (Lipinski definition) is 2. The first-order valence-corrected chi connectivity index (χ1v) is 9.95. The molecular weight excluding hydrogens is 368 g/mol. The summed E-state index contributed by atoms with van der Waals surface area (Å²) in [4.78, 5) is 11.9. The lowest BCUT2D eigenvalue weighted by Gasteiger charge is -2.15. The first-order valence-electron chi connectivity index (χ1n) is 9.95. The summed E-state index contributed by atoms with van der Waals surface area (Å²) in [5, 5.41) is 0. The number of hydrogen-bond donors (Lipinski definition) is 0. The molecule has 0 N–H and O–H groups in total. The second kappa shape index (κ2) is 7.49. The molecule has 5 rings (SSSR count). The van der Waals surface area contributed by atoms with Crippen LogP contribution in [0.1, 0.15) is 32.6 Å². The van der Waals surface area contributed by atoms with Crippen LogP contribution >= 0.6 is 0 Å². The highest BCUT2D eigenvalue weighted by molar-refractivity contribution is 6.13. The van der Waals surface area contributed by atoms with Gasteiger partial charge in [0.2, 0.25) is 0 Å². The lowest BCUT2D eigenvalue weighted by atomic mass is 9.88. The van der Waals surface area contributed by atoms with Crippen LogP contribution in [0.25, 0.3) is 22.3 Å². The number of ether oxygens (including phenoxy) is 1. The van der Waals surface area contributed by atoms with Crippen LogP contribution in [0, 0.1) is 0 Å². The van der Waals surface area contributed by atoms with E-state index in [1.165, 1.54) is 34.9 Å². The number of carbonyl (C=O) groups excluding carboxylic acids is 1. The maximum atomic E-state index is 11.9. The van der Waals surface area contributed by atoms with Crippen LogP contribution in [-0.2, 0) is 4.74 Å². The van der Waals surface area contributed by atoms with Gasteiger partial charge >= 0.3 is 5.97 Å². The first-order chi connectivity index (χ1) is 14.8. The van der Waals surface area contributed by atoms with Crippen LogP contribution in [0.3, 0.4) is 0 Å². The van der Waals surface area contributed by atoms with Gasteiger partial charge in [0, 0.05) is 0 Å². The molecule has 0 aromatic heterocycles. The lowest BCUT2D eigenvalue weighted by molar-refractivity contribution is 0.0600. The summed E-state index contributed by atoms with van der Waals surface area (Å²) in [5.41, 5.74) is 10.1. The minimum absolute atomic E-state index is 0.327. The van der Waals surface area contributed by atoms with Gasteiger partial charge in [-0.3, -0.25) is 0 Å². The average molecular weight is 388 g/mol. The van der Waals surface area contributed by atoms with Crippen molar-refractivity contribution in [2.24, 2.45) is 0 Å². The maximum Gasteiger partial charge on any atom is 0.337 e. The van der Waals surface area contributed by atoms with Gasteiger partial charge in [-0.2, -0.15) is 0 Å². The Morgan fingerprint density at radius 3 is 1.50 bits per heavy atom. The van der Waals surface area contributed by atoms with Gasteiger partial charge in [-0.1, -0.05) is 91.0 Å². The molecule has 0 radical (unpaired) electrons. The lowest BCUT2D eigenvalue weighted by Crippen LogP contribution is -2.01. The molecule has 30 heavy (non-hydrogen) atoms. The molecule has 1 aliphatic rings. The molecule has 4 aromatic carbocycles. The summed E-state index contributed by atoms with van der Waals surface area (Å²) in [5.74, 6) is -0.327. The van der Waals surface area contributed by atoms with Crippen molar-refractivity contribution in [1.82, 2.24) is 0 Å². The Morgan fingerprint density at radius 2 is 0.967 bits per heavy atom. The predicted molar refractivity (Wildman–Crippen MR) is 121 cm³/mol. The highest BCUT2D eigenvalue weighted by Crippen LogP contribution is 2.48. The summed E-state index contributed by atoms with van der Waals surface area (Å²) in [6.45, 7) is 0. The van der Waals surface area contributed by atoms with E-state index in [1.807, 2.05) is 30.3 Å².